The third kappa shape index (κ3) is 7.54. The van der Waals surface area contributed by atoms with Gasteiger partial charge in [0.2, 0.25) is 5.95 Å². The second-order valence-corrected chi connectivity index (χ2v) is 11.1. The Balaban J connectivity index is 1.29. The van der Waals surface area contributed by atoms with E-state index in [1.807, 2.05) is 35.1 Å². The molecule has 0 aliphatic heterocycles. The van der Waals surface area contributed by atoms with Crippen molar-refractivity contribution in [1.29, 1.82) is 0 Å². The molecule has 4 aromatic rings. The van der Waals surface area contributed by atoms with Crippen molar-refractivity contribution >= 4 is 56.8 Å². The van der Waals surface area contributed by atoms with E-state index in [-0.39, 0.29) is 22.3 Å². The van der Waals surface area contributed by atoms with E-state index >= 15 is 0 Å². The van der Waals surface area contributed by atoms with Crippen molar-refractivity contribution in [3.63, 3.8) is 0 Å². The zero-order valence-corrected chi connectivity index (χ0v) is 22.2. The van der Waals surface area contributed by atoms with Gasteiger partial charge in [0.25, 0.3) is 21.8 Å². The van der Waals surface area contributed by atoms with E-state index in [0.29, 0.717) is 22.8 Å². The molecule has 3 aromatic carbocycles. The van der Waals surface area contributed by atoms with Crippen LogP contribution in [0.3, 0.4) is 0 Å². The Morgan fingerprint density at radius 3 is 2.08 bits per heavy atom. The van der Waals surface area contributed by atoms with Crippen LogP contribution in [0.1, 0.15) is 20.7 Å². The summed E-state index contributed by atoms with van der Waals surface area (Å²) in [5, 5.41) is 6.24. The highest BCUT2D eigenvalue weighted by Crippen LogP contribution is 2.17. The van der Waals surface area contributed by atoms with Crippen molar-refractivity contribution in [2.75, 3.05) is 22.9 Å². The second kappa shape index (κ2) is 12.5. The van der Waals surface area contributed by atoms with Crippen molar-refractivity contribution in [2.24, 2.45) is 0 Å². The summed E-state index contributed by atoms with van der Waals surface area (Å²) in [4.78, 5) is 33.8. The standard InChI is InChI=1S/C26H22ClN5O4S2/c27-20-10-6-18(7-11-20)24(33)31-21-12-8-19(9-13-21)25(34)32-38(35,36)23-16-29-26(30-17-23)28-14-15-37-22-4-2-1-3-5-22/h1-13,16-17H,14-15H2,(H,31,33)(H,32,34)(H,28,29,30). The van der Waals surface area contributed by atoms with Gasteiger partial charge in [-0.3, -0.25) is 9.59 Å². The van der Waals surface area contributed by atoms with Crippen LogP contribution >= 0.6 is 23.4 Å². The van der Waals surface area contributed by atoms with E-state index in [1.54, 1.807) is 36.0 Å². The van der Waals surface area contributed by atoms with E-state index in [9.17, 15) is 18.0 Å². The summed E-state index contributed by atoms with van der Waals surface area (Å²) >= 11 is 7.50. The van der Waals surface area contributed by atoms with Crippen molar-refractivity contribution in [1.82, 2.24) is 14.7 Å². The first-order chi connectivity index (χ1) is 18.3. The summed E-state index contributed by atoms with van der Waals surface area (Å²) in [6.07, 6.45) is 2.26. The number of rotatable bonds is 10. The summed E-state index contributed by atoms with van der Waals surface area (Å²) in [5.74, 6) is -0.136. The molecule has 38 heavy (non-hydrogen) atoms. The molecule has 0 radical (unpaired) electrons. The highest BCUT2D eigenvalue weighted by molar-refractivity contribution is 7.99. The molecular formula is C26H22ClN5O4S2. The molecular weight excluding hydrogens is 546 g/mol. The van der Waals surface area contributed by atoms with Gasteiger partial charge in [-0.15, -0.1) is 11.8 Å². The van der Waals surface area contributed by atoms with Crippen LogP contribution in [-0.2, 0) is 10.0 Å². The lowest BCUT2D eigenvalue weighted by Gasteiger charge is -2.09. The van der Waals surface area contributed by atoms with Crippen LogP contribution in [0.4, 0.5) is 11.6 Å². The minimum atomic E-state index is -4.19. The maximum Gasteiger partial charge on any atom is 0.267 e. The molecule has 0 fully saturated rings. The van der Waals surface area contributed by atoms with Crippen LogP contribution in [0.25, 0.3) is 0 Å². The lowest BCUT2D eigenvalue weighted by Crippen LogP contribution is -2.30. The van der Waals surface area contributed by atoms with E-state index in [0.717, 1.165) is 23.0 Å². The molecule has 1 heterocycles. The number of nitrogens with zero attached hydrogens (tertiary/aromatic N) is 2. The first kappa shape index (κ1) is 27.1. The third-order valence-corrected chi connectivity index (χ3v) is 7.63. The van der Waals surface area contributed by atoms with Crippen molar-refractivity contribution < 1.29 is 18.0 Å². The molecule has 0 aliphatic rings. The molecule has 1 aromatic heterocycles. The number of carbonyl (C=O) groups is 2. The monoisotopic (exact) mass is 567 g/mol. The fourth-order valence-electron chi connectivity index (χ4n) is 3.14. The number of halogens is 1. The van der Waals surface area contributed by atoms with Gasteiger partial charge in [-0.1, -0.05) is 29.8 Å². The number of amides is 2. The Kier molecular flexibility index (Phi) is 8.95. The van der Waals surface area contributed by atoms with Gasteiger partial charge < -0.3 is 10.6 Å². The average molecular weight is 568 g/mol. The Morgan fingerprint density at radius 2 is 1.42 bits per heavy atom. The van der Waals surface area contributed by atoms with Crippen molar-refractivity contribution in [3.05, 3.63) is 107 Å². The van der Waals surface area contributed by atoms with Gasteiger partial charge in [0.1, 0.15) is 4.90 Å². The van der Waals surface area contributed by atoms with Gasteiger partial charge in [0.15, 0.2) is 0 Å². The zero-order chi connectivity index (χ0) is 27.0. The number of anilines is 2. The van der Waals surface area contributed by atoms with Crippen LogP contribution < -0.4 is 15.4 Å². The van der Waals surface area contributed by atoms with Crippen LogP contribution in [0.15, 0.2) is 101 Å². The van der Waals surface area contributed by atoms with Crippen LogP contribution in [-0.4, -0.2) is 42.5 Å². The molecule has 0 unspecified atom stereocenters. The number of nitrogens with one attached hydrogen (secondary N) is 3. The van der Waals surface area contributed by atoms with Gasteiger partial charge in [-0.25, -0.2) is 23.1 Å². The highest BCUT2D eigenvalue weighted by atomic mass is 35.5. The third-order valence-electron chi connectivity index (χ3n) is 5.07. The van der Waals surface area contributed by atoms with E-state index in [2.05, 4.69) is 20.6 Å². The number of thioether (sulfide) groups is 1. The Labute approximate surface area is 229 Å². The maximum absolute atomic E-state index is 12.6. The first-order valence-electron chi connectivity index (χ1n) is 11.3. The molecule has 9 nitrogen and oxygen atoms in total. The summed E-state index contributed by atoms with van der Waals surface area (Å²) in [6, 6.07) is 22.1. The topological polar surface area (TPSA) is 130 Å². The largest absolute Gasteiger partial charge is 0.353 e. The van der Waals surface area contributed by atoms with Crippen molar-refractivity contribution in [2.45, 2.75) is 9.79 Å². The van der Waals surface area contributed by atoms with Crippen LogP contribution in [0.5, 0.6) is 0 Å². The maximum atomic E-state index is 12.6. The number of aromatic nitrogens is 2. The molecule has 0 aliphatic carbocycles. The average Bonchev–Trinajstić information content (AvgIpc) is 2.92. The Bertz CT molecular complexity index is 1500. The number of hydrogen-bond donors (Lipinski definition) is 3. The van der Waals surface area contributed by atoms with E-state index in [4.69, 9.17) is 11.6 Å². The van der Waals surface area contributed by atoms with Gasteiger partial charge in [-0.2, -0.15) is 0 Å². The zero-order valence-electron chi connectivity index (χ0n) is 19.8. The Morgan fingerprint density at radius 1 is 0.816 bits per heavy atom. The highest BCUT2D eigenvalue weighted by Gasteiger charge is 2.20. The smallest absolute Gasteiger partial charge is 0.267 e. The summed E-state index contributed by atoms with van der Waals surface area (Å²) in [5.41, 5.74) is 0.938. The number of benzene rings is 3. The molecule has 194 valence electrons. The summed E-state index contributed by atoms with van der Waals surface area (Å²) in [6.45, 7) is 0.582. The van der Waals surface area contributed by atoms with Gasteiger partial charge >= 0.3 is 0 Å². The lowest BCUT2D eigenvalue weighted by molar-refractivity contribution is 0.0980. The number of carbonyl (C=O) groups excluding carboxylic acids is 2. The molecule has 2 amide bonds. The summed E-state index contributed by atoms with van der Waals surface area (Å²) in [7, 11) is -4.19. The second-order valence-electron chi connectivity index (χ2n) is 7.80. The lowest BCUT2D eigenvalue weighted by atomic mass is 10.2. The fraction of sp³-hybridized carbons (Fsp3) is 0.0769. The SMILES string of the molecule is O=C(Nc1ccc(C(=O)NS(=O)(=O)c2cnc(NCCSc3ccccc3)nc2)cc1)c1ccc(Cl)cc1. The quantitative estimate of drug-likeness (QED) is 0.186. The first-order valence-corrected chi connectivity index (χ1v) is 14.1. The fourth-order valence-corrected chi connectivity index (χ4v) is 4.92. The molecule has 0 saturated heterocycles. The molecule has 0 atom stereocenters. The minimum Gasteiger partial charge on any atom is -0.353 e. The van der Waals surface area contributed by atoms with Crippen molar-refractivity contribution in [3.8, 4) is 0 Å². The summed E-state index contributed by atoms with van der Waals surface area (Å²) < 4.78 is 27.3. The normalized spacial score (nSPS) is 11.0. The van der Waals surface area contributed by atoms with E-state index < -0.39 is 15.9 Å². The molecule has 12 heteroatoms. The minimum absolute atomic E-state index is 0.0909. The van der Waals surface area contributed by atoms with Gasteiger partial charge in [0, 0.05) is 39.0 Å². The number of hydrogen-bond acceptors (Lipinski definition) is 8. The molecule has 0 saturated carbocycles. The van der Waals surface area contributed by atoms with E-state index in [1.165, 1.54) is 24.3 Å². The van der Waals surface area contributed by atoms with Crippen LogP contribution in [0, 0.1) is 0 Å². The molecule has 0 spiro atoms. The predicted octanol–water partition coefficient (Wildman–Crippen LogP) is 4.71. The molecule has 0 bridgehead atoms. The number of sulfonamides is 1. The van der Waals surface area contributed by atoms with Gasteiger partial charge in [0.05, 0.1) is 12.4 Å². The predicted molar refractivity (Wildman–Crippen MR) is 148 cm³/mol. The van der Waals surface area contributed by atoms with Gasteiger partial charge in [-0.05, 0) is 60.7 Å². The molecule has 3 N–H and O–H groups in total. The Hall–Kier alpha value is -3.93. The molecule has 4 rings (SSSR count). The van der Waals surface area contributed by atoms with Crippen LogP contribution in [0.2, 0.25) is 5.02 Å².